The molecule has 1 aliphatic heterocycles. The lowest BCUT2D eigenvalue weighted by molar-refractivity contribution is -0.114. The molecule has 29 heavy (non-hydrogen) atoms. The summed E-state index contributed by atoms with van der Waals surface area (Å²) in [6.07, 6.45) is 1.75. The summed E-state index contributed by atoms with van der Waals surface area (Å²) in [5, 5.41) is 17.7. The second kappa shape index (κ2) is 7.53. The minimum atomic E-state index is -1.02. The molecule has 0 radical (unpaired) electrons. The third-order valence-corrected chi connectivity index (χ3v) is 5.00. The molecule has 0 spiro atoms. The number of hydrogen-bond donors (Lipinski definition) is 2. The highest BCUT2D eigenvalue weighted by atomic mass is 79.9. The van der Waals surface area contributed by atoms with E-state index in [1.807, 2.05) is 19.9 Å². The smallest absolute Gasteiger partial charge is 0.245 e. The number of pyridine rings is 2. The quantitative estimate of drug-likeness (QED) is 0.619. The van der Waals surface area contributed by atoms with Crippen molar-refractivity contribution in [1.29, 1.82) is 0 Å². The fraction of sp³-hybridized carbons (Fsp3) is 0.263. The van der Waals surface area contributed by atoms with Gasteiger partial charge in [0.1, 0.15) is 34.4 Å². The topological polar surface area (TPSA) is 96.2 Å². The number of hydrogen-bond acceptors (Lipinski definition) is 6. The van der Waals surface area contributed by atoms with Crippen molar-refractivity contribution >= 4 is 39.3 Å². The van der Waals surface area contributed by atoms with Gasteiger partial charge in [0.2, 0.25) is 5.91 Å². The van der Waals surface area contributed by atoms with Crippen LogP contribution in [0, 0.1) is 5.82 Å². The van der Waals surface area contributed by atoms with Crippen molar-refractivity contribution in [2.24, 2.45) is 0 Å². The zero-order chi connectivity index (χ0) is 20.7. The summed E-state index contributed by atoms with van der Waals surface area (Å²) in [4.78, 5) is 22.7. The first kappa shape index (κ1) is 19.5. The first-order chi connectivity index (χ1) is 13.8. The molecule has 150 valence electrons. The minimum absolute atomic E-state index is 0.0923. The lowest BCUT2D eigenvalue weighted by Gasteiger charge is -2.33. The average molecular weight is 461 g/mol. The number of rotatable bonds is 4. The summed E-state index contributed by atoms with van der Waals surface area (Å²) >= 11 is 3.32. The molecule has 3 aromatic heterocycles. The molecule has 3 aromatic rings. The van der Waals surface area contributed by atoms with E-state index in [1.54, 1.807) is 17.2 Å². The molecular formula is C19H18BrFN6O2. The highest BCUT2D eigenvalue weighted by Gasteiger charge is 2.33. The van der Waals surface area contributed by atoms with Crippen molar-refractivity contribution in [3.05, 3.63) is 58.2 Å². The van der Waals surface area contributed by atoms with Crippen LogP contribution in [0.2, 0.25) is 0 Å². The Labute approximate surface area is 174 Å². The standard InChI is InChI=1S/C19H18BrFN6O2/c1-10(2)11-5-13-18(23-7-11)26(17-6-14(20)25-27(17)19(13)29)9-16(28)24-15-4-3-12(21)8-22-15/h3-8,10,19,29H,9H2,1-2H3,(H,22,24,28). The number of nitrogens with zero attached hydrogens (tertiary/aromatic N) is 5. The van der Waals surface area contributed by atoms with Crippen LogP contribution in [0.3, 0.4) is 0 Å². The molecule has 0 saturated carbocycles. The Morgan fingerprint density at radius 1 is 1.31 bits per heavy atom. The van der Waals surface area contributed by atoms with E-state index >= 15 is 0 Å². The molecule has 2 N–H and O–H groups in total. The van der Waals surface area contributed by atoms with Crippen LogP contribution in [0.25, 0.3) is 0 Å². The van der Waals surface area contributed by atoms with Gasteiger partial charge in [-0.1, -0.05) is 13.8 Å². The number of aliphatic hydroxyl groups excluding tert-OH is 1. The van der Waals surface area contributed by atoms with Crippen molar-refractivity contribution in [1.82, 2.24) is 19.7 Å². The predicted molar refractivity (Wildman–Crippen MR) is 108 cm³/mol. The number of nitrogens with one attached hydrogen (secondary N) is 1. The summed E-state index contributed by atoms with van der Waals surface area (Å²) in [5.74, 6) is 0.609. The largest absolute Gasteiger partial charge is 0.368 e. The van der Waals surface area contributed by atoms with Crippen LogP contribution in [0.5, 0.6) is 0 Å². The maximum atomic E-state index is 13.0. The Morgan fingerprint density at radius 2 is 2.10 bits per heavy atom. The Hall–Kier alpha value is -2.85. The Balaban J connectivity index is 1.68. The number of anilines is 3. The number of aromatic nitrogens is 4. The molecule has 0 aliphatic carbocycles. The normalized spacial score (nSPS) is 15.2. The summed E-state index contributed by atoms with van der Waals surface area (Å²) in [6.45, 7) is 3.98. The number of fused-ring (bicyclic) bond motifs is 2. The Kier molecular flexibility index (Phi) is 5.05. The van der Waals surface area contributed by atoms with E-state index in [1.165, 1.54) is 16.8 Å². The van der Waals surface area contributed by atoms with Gasteiger partial charge >= 0.3 is 0 Å². The maximum Gasteiger partial charge on any atom is 0.245 e. The number of aliphatic hydroxyl groups is 1. The molecule has 1 unspecified atom stereocenters. The fourth-order valence-corrected chi connectivity index (χ4v) is 3.51. The van der Waals surface area contributed by atoms with Crippen LogP contribution >= 0.6 is 15.9 Å². The summed E-state index contributed by atoms with van der Waals surface area (Å²) in [6, 6.07) is 6.18. The van der Waals surface area contributed by atoms with Gasteiger partial charge < -0.3 is 15.3 Å². The molecule has 1 atom stereocenters. The molecule has 0 saturated heterocycles. The first-order valence-electron chi connectivity index (χ1n) is 8.95. The molecular weight excluding hydrogens is 443 g/mol. The monoisotopic (exact) mass is 460 g/mol. The van der Waals surface area contributed by atoms with Crippen LogP contribution < -0.4 is 10.2 Å². The lowest BCUT2D eigenvalue weighted by Crippen LogP contribution is -2.36. The number of amides is 1. The van der Waals surface area contributed by atoms with E-state index in [4.69, 9.17) is 0 Å². The van der Waals surface area contributed by atoms with Crippen LogP contribution in [0.1, 0.15) is 37.1 Å². The van der Waals surface area contributed by atoms with Gasteiger partial charge in [0.25, 0.3) is 0 Å². The number of carbonyl (C=O) groups excluding carboxylic acids is 1. The molecule has 1 amide bonds. The van der Waals surface area contributed by atoms with Crippen molar-refractivity contribution in [3.63, 3.8) is 0 Å². The fourth-order valence-electron chi connectivity index (χ4n) is 3.13. The number of halogens is 2. The van der Waals surface area contributed by atoms with E-state index in [-0.39, 0.29) is 24.2 Å². The lowest BCUT2D eigenvalue weighted by atomic mass is 10.0. The molecule has 8 nitrogen and oxygen atoms in total. The Bertz CT molecular complexity index is 1070. The first-order valence-corrected chi connectivity index (χ1v) is 9.74. The van der Waals surface area contributed by atoms with Gasteiger partial charge in [-0.15, -0.1) is 0 Å². The third kappa shape index (κ3) is 3.73. The van der Waals surface area contributed by atoms with E-state index in [2.05, 4.69) is 36.3 Å². The van der Waals surface area contributed by atoms with Crippen molar-refractivity contribution in [2.75, 3.05) is 16.8 Å². The average Bonchev–Trinajstić information content (AvgIpc) is 3.08. The van der Waals surface area contributed by atoms with Gasteiger partial charge in [0.15, 0.2) is 6.23 Å². The van der Waals surface area contributed by atoms with E-state index < -0.39 is 12.0 Å². The van der Waals surface area contributed by atoms with Gasteiger partial charge in [-0.05, 0) is 45.6 Å². The summed E-state index contributed by atoms with van der Waals surface area (Å²) in [5.41, 5.74) is 1.53. The molecule has 10 heteroatoms. The SMILES string of the molecule is CC(C)c1cnc2c(c1)C(O)n1nc(Br)cc1N2CC(=O)Nc1ccc(F)cn1. The zero-order valence-corrected chi connectivity index (χ0v) is 17.3. The second-order valence-electron chi connectivity index (χ2n) is 6.98. The maximum absolute atomic E-state index is 13.0. The predicted octanol–water partition coefficient (Wildman–Crippen LogP) is 3.33. The minimum Gasteiger partial charge on any atom is -0.368 e. The molecule has 1 aliphatic rings. The van der Waals surface area contributed by atoms with Crippen LogP contribution in [0.4, 0.5) is 21.8 Å². The van der Waals surface area contributed by atoms with Gasteiger partial charge in [0.05, 0.1) is 6.20 Å². The van der Waals surface area contributed by atoms with Crippen LogP contribution in [-0.4, -0.2) is 37.3 Å². The second-order valence-corrected chi connectivity index (χ2v) is 7.79. The molecule has 0 fully saturated rings. The number of carbonyl (C=O) groups is 1. The summed E-state index contributed by atoms with van der Waals surface area (Å²) in [7, 11) is 0. The van der Waals surface area contributed by atoms with Gasteiger partial charge in [-0.3, -0.25) is 4.79 Å². The third-order valence-electron chi connectivity index (χ3n) is 4.61. The molecule has 4 heterocycles. The Morgan fingerprint density at radius 3 is 2.79 bits per heavy atom. The molecule has 4 rings (SSSR count). The van der Waals surface area contributed by atoms with Gasteiger partial charge in [0, 0.05) is 17.8 Å². The molecule has 0 aromatic carbocycles. The highest BCUT2D eigenvalue weighted by molar-refractivity contribution is 9.10. The highest BCUT2D eigenvalue weighted by Crippen LogP contribution is 2.40. The van der Waals surface area contributed by atoms with E-state index in [9.17, 15) is 14.3 Å². The van der Waals surface area contributed by atoms with Crippen LogP contribution in [0.15, 0.2) is 41.3 Å². The van der Waals surface area contributed by atoms with Gasteiger partial charge in [-0.2, -0.15) is 5.10 Å². The van der Waals surface area contributed by atoms with Crippen molar-refractivity contribution < 1.29 is 14.3 Å². The zero-order valence-electron chi connectivity index (χ0n) is 15.7. The van der Waals surface area contributed by atoms with Crippen molar-refractivity contribution in [2.45, 2.75) is 26.0 Å². The van der Waals surface area contributed by atoms with Crippen LogP contribution in [-0.2, 0) is 4.79 Å². The summed E-state index contributed by atoms with van der Waals surface area (Å²) < 4.78 is 15.0. The van der Waals surface area contributed by atoms with Gasteiger partial charge in [-0.25, -0.2) is 19.0 Å². The molecule has 0 bridgehead atoms. The van der Waals surface area contributed by atoms with Crippen molar-refractivity contribution in [3.8, 4) is 0 Å². The van der Waals surface area contributed by atoms with E-state index in [0.29, 0.717) is 21.8 Å². The van der Waals surface area contributed by atoms with E-state index in [0.717, 1.165) is 11.8 Å².